The molecule has 0 fully saturated rings. The summed E-state index contributed by atoms with van der Waals surface area (Å²) in [5.41, 5.74) is 1.89. The van der Waals surface area contributed by atoms with E-state index in [1.165, 1.54) is 12.1 Å². The molecule has 1 aliphatic rings. The molecular formula is C14H11BrFNO. The van der Waals surface area contributed by atoms with Crippen molar-refractivity contribution in [2.75, 3.05) is 11.9 Å². The van der Waals surface area contributed by atoms with E-state index in [1.54, 1.807) is 6.07 Å². The van der Waals surface area contributed by atoms with Crippen LogP contribution in [0.25, 0.3) is 0 Å². The van der Waals surface area contributed by atoms with Crippen LogP contribution in [0, 0.1) is 5.82 Å². The molecule has 1 aliphatic heterocycles. The number of ether oxygens (including phenoxy) is 1. The van der Waals surface area contributed by atoms with E-state index in [4.69, 9.17) is 4.74 Å². The minimum absolute atomic E-state index is 0.116. The van der Waals surface area contributed by atoms with Crippen molar-refractivity contribution in [3.63, 3.8) is 0 Å². The third-order valence-electron chi connectivity index (χ3n) is 2.94. The molecule has 0 bridgehead atoms. The van der Waals surface area contributed by atoms with E-state index in [-0.39, 0.29) is 11.9 Å². The van der Waals surface area contributed by atoms with Gasteiger partial charge in [0.05, 0.1) is 12.2 Å². The van der Waals surface area contributed by atoms with Crippen molar-refractivity contribution in [3.05, 3.63) is 58.3 Å². The van der Waals surface area contributed by atoms with Crippen LogP contribution in [0.15, 0.2) is 46.9 Å². The Morgan fingerprint density at radius 2 is 2.06 bits per heavy atom. The van der Waals surface area contributed by atoms with E-state index in [9.17, 15) is 4.39 Å². The second-order valence-electron chi connectivity index (χ2n) is 4.15. The van der Waals surface area contributed by atoms with Crippen molar-refractivity contribution < 1.29 is 9.13 Å². The maximum absolute atomic E-state index is 13.2. The number of hydrogen-bond donors (Lipinski definition) is 1. The quantitative estimate of drug-likeness (QED) is 0.855. The predicted octanol–water partition coefficient (Wildman–Crippen LogP) is 4.13. The lowest BCUT2D eigenvalue weighted by Gasteiger charge is -2.28. The zero-order valence-corrected chi connectivity index (χ0v) is 11.1. The summed E-state index contributed by atoms with van der Waals surface area (Å²) in [6.45, 7) is 0.668. The van der Waals surface area contributed by atoms with Gasteiger partial charge < -0.3 is 10.1 Å². The summed E-state index contributed by atoms with van der Waals surface area (Å²) in [6.07, 6.45) is -0.116. The Morgan fingerprint density at radius 3 is 2.89 bits per heavy atom. The number of hydrogen-bond acceptors (Lipinski definition) is 2. The minimum atomic E-state index is -0.289. The molecule has 4 heteroatoms. The molecule has 2 aromatic carbocycles. The van der Waals surface area contributed by atoms with E-state index < -0.39 is 0 Å². The Labute approximate surface area is 113 Å². The van der Waals surface area contributed by atoms with Gasteiger partial charge in [-0.05, 0) is 18.2 Å². The molecule has 1 N–H and O–H groups in total. The fraction of sp³-hybridized carbons (Fsp3) is 0.143. The van der Waals surface area contributed by atoms with Gasteiger partial charge >= 0.3 is 0 Å². The Hall–Kier alpha value is -1.55. The van der Waals surface area contributed by atoms with Crippen LogP contribution in [0.3, 0.4) is 0 Å². The zero-order chi connectivity index (χ0) is 12.5. The molecule has 1 atom stereocenters. The predicted molar refractivity (Wildman–Crippen MR) is 72.4 cm³/mol. The van der Waals surface area contributed by atoms with Crippen molar-refractivity contribution in [2.45, 2.75) is 6.10 Å². The fourth-order valence-corrected chi connectivity index (χ4v) is 2.59. The maximum Gasteiger partial charge on any atom is 0.146 e. The average Bonchev–Trinajstić information content (AvgIpc) is 2.38. The van der Waals surface area contributed by atoms with Crippen LogP contribution in [0.4, 0.5) is 10.1 Å². The summed E-state index contributed by atoms with van der Waals surface area (Å²) in [6, 6.07) is 12.4. The molecule has 18 heavy (non-hydrogen) atoms. The van der Waals surface area contributed by atoms with Gasteiger partial charge in [-0.25, -0.2) is 4.39 Å². The Bertz CT molecular complexity index is 588. The van der Waals surface area contributed by atoms with Crippen molar-refractivity contribution in [1.29, 1.82) is 0 Å². The third kappa shape index (κ3) is 2.08. The number of nitrogens with one attached hydrogen (secondary N) is 1. The molecule has 0 aliphatic carbocycles. The Kier molecular flexibility index (Phi) is 2.96. The molecule has 1 unspecified atom stereocenters. The number of halogens is 2. The van der Waals surface area contributed by atoms with Crippen molar-refractivity contribution >= 4 is 21.6 Å². The summed E-state index contributed by atoms with van der Waals surface area (Å²) in [7, 11) is 0. The molecule has 0 radical (unpaired) electrons. The molecule has 0 amide bonds. The van der Waals surface area contributed by atoms with Gasteiger partial charge in [0.2, 0.25) is 0 Å². The topological polar surface area (TPSA) is 21.3 Å². The SMILES string of the molecule is Fc1ccc2c(c1)OC(c1ccccc1Br)CN2. The van der Waals surface area contributed by atoms with Crippen molar-refractivity contribution in [3.8, 4) is 5.75 Å². The summed E-state index contributed by atoms with van der Waals surface area (Å²) < 4.78 is 20.0. The second-order valence-corrected chi connectivity index (χ2v) is 5.00. The van der Waals surface area contributed by atoms with Crippen LogP contribution in [-0.4, -0.2) is 6.54 Å². The second kappa shape index (κ2) is 4.61. The van der Waals surface area contributed by atoms with Gasteiger partial charge in [-0.15, -0.1) is 0 Å². The summed E-state index contributed by atoms with van der Waals surface area (Å²) in [5, 5.41) is 3.25. The van der Waals surface area contributed by atoms with Gasteiger partial charge in [-0.2, -0.15) is 0 Å². The van der Waals surface area contributed by atoms with E-state index in [0.717, 1.165) is 15.7 Å². The first kappa shape index (κ1) is 11.5. The number of rotatable bonds is 1. The Balaban J connectivity index is 1.93. The minimum Gasteiger partial charge on any atom is -0.482 e. The van der Waals surface area contributed by atoms with E-state index in [2.05, 4.69) is 21.2 Å². The smallest absolute Gasteiger partial charge is 0.146 e. The molecule has 1 heterocycles. The molecule has 0 saturated heterocycles. The molecule has 3 rings (SSSR count). The van der Waals surface area contributed by atoms with E-state index in [0.29, 0.717) is 12.3 Å². The lowest BCUT2D eigenvalue weighted by Crippen LogP contribution is -2.23. The first-order valence-corrected chi connectivity index (χ1v) is 6.48. The number of anilines is 1. The molecule has 2 aromatic rings. The van der Waals surface area contributed by atoms with Gasteiger partial charge in [0.1, 0.15) is 17.7 Å². The average molecular weight is 308 g/mol. The highest BCUT2D eigenvalue weighted by Gasteiger charge is 2.22. The summed E-state index contributed by atoms with van der Waals surface area (Å²) in [5.74, 6) is 0.269. The van der Waals surface area contributed by atoms with Gasteiger partial charge in [0, 0.05) is 16.1 Å². The highest BCUT2D eigenvalue weighted by molar-refractivity contribution is 9.10. The van der Waals surface area contributed by atoms with Crippen LogP contribution in [0.2, 0.25) is 0 Å². The molecule has 2 nitrogen and oxygen atoms in total. The summed E-state index contributed by atoms with van der Waals surface area (Å²) >= 11 is 3.50. The molecule has 92 valence electrons. The molecule has 0 aromatic heterocycles. The Morgan fingerprint density at radius 1 is 1.22 bits per heavy atom. The first-order chi connectivity index (χ1) is 8.74. The number of benzene rings is 2. The number of fused-ring (bicyclic) bond motifs is 1. The first-order valence-electron chi connectivity index (χ1n) is 5.68. The zero-order valence-electron chi connectivity index (χ0n) is 9.49. The van der Waals surface area contributed by atoms with E-state index in [1.807, 2.05) is 24.3 Å². The van der Waals surface area contributed by atoms with Crippen LogP contribution < -0.4 is 10.1 Å². The van der Waals surface area contributed by atoms with Gasteiger partial charge in [0.25, 0.3) is 0 Å². The normalized spacial score (nSPS) is 17.6. The van der Waals surface area contributed by atoms with Gasteiger partial charge in [-0.1, -0.05) is 34.1 Å². The van der Waals surface area contributed by atoms with Gasteiger partial charge in [-0.3, -0.25) is 0 Å². The highest BCUT2D eigenvalue weighted by Crippen LogP contribution is 2.36. The lowest BCUT2D eigenvalue weighted by molar-refractivity contribution is 0.209. The monoisotopic (exact) mass is 307 g/mol. The van der Waals surface area contributed by atoms with Crippen molar-refractivity contribution in [1.82, 2.24) is 0 Å². The van der Waals surface area contributed by atoms with E-state index >= 15 is 0 Å². The third-order valence-corrected chi connectivity index (χ3v) is 3.67. The molecule has 0 spiro atoms. The van der Waals surface area contributed by atoms with Crippen LogP contribution in [-0.2, 0) is 0 Å². The molecule has 0 saturated carbocycles. The maximum atomic E-state index is 13.2. The lowest BCUT2D eigenvalue weighted by atomic mass is 10.1. The van der Waals surface area contributed by atoms with Crippen molar-refractivity contribution in [2.24, 2.45) is 0 Å². The highest BCUT2D eigenvalue weighted by atomic mass is 79.9. The van der Waals surface area contributed by atoms with Crippen LogP contribution in [0.5, 0.6) is 5.75 Å². The summed E-state index contributed by atoms with van der Waals surface area (Å²) in [4.78, 5) is 0. The largest absolute Gasteiger partial charge is 0.482 e. The van der Waals surface area contributed by atoms with Gasteiger partial charge in [0.15, 0.2) is 0 Å². The standard InChI is InChI=1S/C14H11BrFNO/c15-11-4-2-1-3-10(11)14-8-17-12-6-5-9(16)7-13(12)18-14/h1-7,14,17H,8H2. The fourth-order valence-electron chi connectivity index (χ4n) is 2.05. The van der Waals surface area contributed by atoms with Crippen LogP contribution >= 0.6 is 15.9 Å². The van der Waals surface area contributed by atoms with Crippen LogP contribution in [0.1, 0.15) is 11.7 Å². The molecular weight excluding hydrogens is 297 g/mol.